The first-order valence-corrected chi connectivity index (χ1v) is 6.25. The van der Waals surface area contributed by atoms with Gasteiger partial charge in [0.1, 0.15) is 10.8 Å². The van der Waals surface area contributed by atoms with E-state index in [1.54, 1.807) is 11.3 Å². The monoisotopic (exact) mass is 235 g/mol. The van der Waals surface area contributed by atoms with Crippen LogP contribution < -0.4 is 5.32 Å². The largest absolute Gasteiger partial charge is 0.459 e. The molecule has 0 atom stereocenters. The number of aromatic nitrogens is 2. The number of nitrogens with one attached hydrogen (secondary N) is 1. The maximum Gasteiger partial charge on any atom is 0.183 e. The Morgan fingerprint density at radius 3 is 3.00 bits per heavy atom. The third-order valence-electron chi connectivity index (χ3n) is 2.54. The first-order chi connectivity index (χ1) is 7.81. The van der Waals surface area contributed by atoms with Gasteiger partial charge in [0, 0.05) is 12.6 Å². The van der Waals surface area contributed by atoms with E-state index in [4.69, 9.17) is 4.42 Å². The molecule has 2 aromatic heterocycles. The topological polar surface area (TPSA) is 51.0 Å². The van der Waals surface area contributed by atoms with Crippen molar-refractivity contribution in [2.24, 2.45) is 0 Å². The predicted molar refractivity (Wildman–Crippen MR) is 62.2 cm³/mol. The lowest BCUT2D eigenvalue weighted by atomic mass is 10.4. The van der Waals surface area contributed by atoms with Gasteiger partial charge in [-0.15, -0.1) is 10.2 Å². The van der Waals surface area contributed by atoms with Crippen LogP contribution >= 0.6 is 11.3 Å². The Balaban J connectivity index is 1.71. The van der Waals surface area contributed by atoms with Crippen LogP contribution in [0.2, 0.25) is 0 Å². The molecular weight excluding hydrogens is 222 g/mol. The highest BCUT2D eigenvalue weighted by Crippen LogP contribution is 2.26. The molecule has 0 bridgehead atoms. The molecule has 1 N–H and O–H groups in total. The molecule has 1 saturated carbocycles. The Labute approximate surface area is 97.7 Å². The summed E-state index contributed by atoms with van der Waals surface area (Å²) in [4.78, 5) is 0. The van der Waals surface area contributed by atoms with Gasteiger partial charge in [0.15, 0.2) is 10.8 Å². The lowest BCUT2D eigenvalue weighted by molar-refractivity contribution is 0.547. The molecule has 1 aliphatic rings. The Kier molecular flexibility index (Phi) is 2.49. The van der Waals surface area contributed by atoms with Crippen molar-refractivity contribution in [1.82, 2.24) is 15.5 Å². The fraction of sp³-hybridized carbons (Fsp3) is 0.455. The maximum atomic E-state index is 5.51. The summed E-state index contributed by atoms with van der Waals surface area (Å²) >= 11 is 1.59. The van der Waals surface area contributed by atoms with Gasteiger partial charge in [-0.2, -0.15) is 0 Å². The van der Waals surface area contributed by atoms with Crippen LogP contribution in [0.4, 0.5) is 0 Å². The minimum absolute atomic E-state index is 0.707. The molecule has 16 heavy (non-hydrogen) atoms. The molecule has 5 heteroatoms. The molecule has 0 spiro atoms. The second-order valence-corrected chi connectivity index (χ2v) is 5.13. The fourth-order valence-corrected chi connectivity index (χ4v) is 2.25. The molecular formula is C11H13N3OS. The second kappa shape index (κ2) is 3.99. The summed E-state index contributed by atoms with van der Waals surface area (Å²) in [6, 6.07) is 4.59. The molecule has 0 amide bonds. The molecule has 2 heterocycles. The van der Waals surface area contributed by atoms with Gasteiger partial charge in [-0.3, -0.25) is 0 Å². The zero-order chi connectivity index (χ0) is 11.0. The van der Waals surface area contributed by atoms with Crippen LogP contribution in [0.25, 0.3) is 10.8 Å². The van der Waals surface area contributed by atoms with Crippen molar-refractivity contribution in [3.05, 3.63) is 22.9 Å². The number of nitrogens with zero attached hydrogens (tertiary/aromatic N) is 2. The second-order valence-electron chi connectivity index (χ2n) is 4.07. The maximum absolute atomic E-state index is 5.51. The van der Waals surface area contributed by atoms with E-state index in [1.807, 2.05) is 19.1 Å². The third kappa shape index (κ3) is 2.15. The van der Waals surface area contributed by atoms with Crippen molar-refractivity contribution < 1.29 is 4.42 Å². The lowest BCUT2D eigenvalue weighted by Gasteiger charge is -1.95. The molecule has 0 aliphatic heterocycles. The number of aryl methyl sites for hydroxylation is 1. The van der Waals surface area contributed by atoms with Crippen LogP contribution in [0.5, 0.6) is 0 Å². The molecule has 0 saturated heterocycles. The van der Waals surface area contributed by atoms with Crippen LogP contribution in [0.1, 0.15) is 23.6 Å². The minimum Gasteiger partial charge on any atom is -0.459 e. The van der Waals surface area contributed by atoms with E-state index < -0.39 is 0 Å². The van der Waals surface area contributed by atoms with E-state index in [9.17, 15) is 0 Å². The summed E-state index contributed by atoms with van der Waals surface area (Å²) in [6.45, 7) is 2.75. The highest BCUT2D eigenvalue weighted by atomic mass is 32.1. The molecule has 0 aromatic carbocycles. The Morgan fingerprint density at radius 1 is 1.44 bits per heavy atom. The van der Waals surface area contributed by atoms with E-state index in [2.05, 4.69) is 15.5 Å². The van der Waals surface area contributed by atoms with E-state index in [1.165, 1.54) is 12.8 Å². The molecule has 4 nitrogen and oxygen atoms in total. The Hall–Kier alpha value is -1.20. The summed E-state index contributed by atoms with van der Waals surface area (Å²) in [5.41, 5.74) is 0. The minimum atomic E-state index is 0.707. The van der Waals surface area contributed by atoms with Crippen molar-refractivity contribution in [2.45, 2.75) is 32.4 Å². The van der Waals surface area contributed by atoms with Gasteiger partial charge in [0.05, 0.1) is 0 Å². The molecule has 0 unspecified atom stereocenters. The molecule has 0 radical (unpaired) electrons. The molecule has 2 aromatic rings. The quantitative estimate of drug-likeness (QED) is 0.883. The van der Waals surface area contributed by atoms with Crippen molar-refractivity contribution >= 4 is 11.3 Å². The SMILES string of the molecule is Cc1ccc(-c2nnc(CNC3CC3)s2)o1. The standard InChI is InChI=1S/C11H13N3OS/c1-7-2-5-9(15-7)11-14-13-10(16-11)6-12-8-3-4-8/h2,5,8,12H,3-4,6H2,1H3. The van der Waals surface area contributed by atoms with Crippen molar-refractivity contribution in [2.75, 3.05) is 0 Å². The van der Waals surface area contributed by atoms with Gasteiger partial charge < -0.3 is 9.73 Å². The van der Waals surface area contributed by atoms with Gasteiger partial charge in [-0.1, -0.05) is 11.3 Å². The first kappa shape index (κ1) is 9.99. The van der Waals surface area contributed by atoms with Crippen LogP contribution in [0.15, 0.2) is 16.5 Å². The summed E-state index contributed by atoms with van der Waals surface area (Å²) in [6.07, 6.45) is 2.59. The van der Waals surface area contributed by atoms with Gasteiger partial charge >= 0.3 is 0 Å². The highest BCUT2D eigenvalue weighted by molar-refractivity contribution is 7.14. The van der Waals surface area contributed by atoms with Crippen molar-refractivity contribution in [3.8, 4) is 10.8 Å². The molecule has 1 aliphatic carbocycles. The highest BCUT2D eigenvalue weighted by Gasteiger charge is 2.21. The zero-order valence-electron chi connectivity index (χ0n) is 9.06. The van der Waals surface area contributed by atoms with E-state index in [-0.39, 0.29) is 0 Å². The first-order valence-electron chi connectivity index (χ1n) is 5.44. The van der Waals surface area contributed by atoms with Gasteiger partial charge in [0.2, 0.25) is 0 Å². The van der Waals surface area contributed by atoms with E-state index in [0.717, 1.165) is 28.1 Å². The summed E-state index contributed by atoms with van der Waals surface area (Å²) in [5.74, 6) is 1.72. The summed E-state index contributed by atoms with van der Waals surface area (Å²) in [5, 5.41) is 13.6. The summed E-state index contributed by atoms with van der Waals surface area (Å²) < 4.78 is 5.51. The lowest BCUT2D eigenvalue weighted by Crippen LogP contribution is -2.14. The predicted octanol–water partition coefficient (Wildman–Crippen LogP) is 2.36. The van der Waals surface area contributed by atoms with Crippen molar-refractivity contribution in [3.63, 3.8) is 0 Å². The van der Waals surface area contributed by atoms with Gasteiger partial charge in [-0.05, 0) is 31.9 Å². The van der Waals surface area contributed by atoms with E-state index in [0.29, 0.717) is 6.04 Å². The van der Waals surface area contributed by atoms with Gasteiger partial charge in [0.25, 0.3) is 0 Å². The molecule has 84 valence electrons. The third-order valence-corrected chi connectivity index (χ3v) is 3.48. The Bertz CT molecular complexity index is 487. The smallest absolute Gasteiger partial charge is 0.183 e. The number of hydrogen-bond donors (Lipinski definition) is 1. The van der Waals surface area contributed by atoms with Crippen LogP contribution in [0.3, 0.4) is 0 Å². The molecule has 1 fully saturated rings. The number of hydrogen-bond acceptors (Lipinski definition) is 5. The van der Waals surface area contributed by atoms with Crippen LogP contribution in [-0.2, 0) is 6.54 Å². The van der Waals surface area contributed by atoms with Crippen molar-refractivity contribution in [1.29, 1.82) is 0 Å². The summed E-state index contributed by atoms with van der Waals surface area (Å²) in [7, 11) is 0. The van der Waals surface area contributed by atoms with E-state index >= 15 is 0 Å². The normalized spacial score (nSPS) is 15.6. The average Bonchev–Trinajstić information content (AvgIpc) is 2.81. The molecule has 3 rings (SSSR count). The fourth-order valence-electron chi connectivity index (χ4n) is 1.49. The number of furan rings is 1. The zero-order valence-corrected chi connectivity index (χ0v) is 9.88. The Morgan fingerprint density at radius 2 is 2.31 bits per heavy atom. The number of rotatable bonds is 4. The average molecular weight is 235 g/mol. The van der Waals surface area contributed by atoms with Crippen LogP contribution in [-0.4, -0.2) is 16.2 Å². The van der Waals surface area contributed by atoms with Gasteiger partial charge in [-0.25, -0.2) is 0 Å². The van der Waals surface area contributed by atoms with Crippen LogP contribution in [0, 0.1) is 6.92 Å².